The van der Waals surface area contributed by atoms with Crippen LogP contribution in [0, 0.1) is 17.3 Å². The summed E-state index contributed by atoms with van der Waals surface area (Å²) in [5.74, 6) is 1.51. The van der Waals surface area contributed by atoms with Gasteiger partial charge >= 0.3 is 0 Å². The second kappa shape index (κ2) is 5.85. The summed E-state index contributed by atoms with van der Waals surface area (Å²) in [6, 6.07) is -0.412. The van der Waals surface area contributed by atoms with Crippen LogP contribution in [0.4, 0.5) is 0 Å². The summed E-state index contributed by atoms with van der Waals surface area (Å²) < 4.78 is 0. The van der Waals surface area contributed by atoms with Gasteiger partial charge < -0.3 is 11.1 Å². The number of hydrogen-bond acceptors (Lipinski definition) is 2. The fourth-order valence-corrected chi connectivity index (χ4v) is 2.28. The van der Waals surface area contributed by atoms with Crippen molar-refractivity contribution in [2.75, 3.05) is 6.54 Å². The zero-order valence-corrected chi connectivity index (χ0v) is 11.8. The number of rotatable bonds is 3. The second-order valence-corrected chi connectivity index (χ2v) is 6.71. The van der Waals surface area contributed by atoms with E-state index in [1.807, 2.05) is 20.8 Å². The third kappa shape index (κ3) is 4.66. The highest BCUT2D eigenvalue weighted by Crippen LogP contribution is 2.27. The summed E-state index contributed by atoms with van der Waals surface area (Å²) in [7, 11) is 0. The van der Waals surface area contributed by atoms with Gasteiger partial charge in [-0.3, -0.25) is 4.79 Å². The molecule has 0 aromatic carbocycles. The van der Waals surface area contributed by atoms with E-state index in [2.05, 4.69) is 12.2 Å². The third-order valence-corrected chi connectivity index (χ3v) is 3.92. The maximum atomic E-state index is 11.9. The van der Waals surface area contributed by atoms with Crippen LogP contribution in [0.3, 0.4) is 0 Å². The summed E-state index contributed by atoms with van der Waals surface area (Å²) in [6.45, 7) is 9.11. The molecule has 1 amide bonds. The first-order valence-corrected chi connectivity index (χ1v) is 6.84. The average molecular weight is 240 g/mol. The van der Waals surface area contributed by atoms with Gasteiger partial charge in [0.15, 0.2) is 0 Å². The van der Waals surface area contributed by atoms with Crippen LogP contribution < -0.4 is 11.1 Å². The summed E-state index contributed by atoms with van der Waals surface area (Å²) in [5.41, 5.74) is 5.76. The molecule has 3 nitrogen and oxygen atoms in total. The normalized spacial score (nSPS) is 27.6. The smallest absolute Gasteiger partial charge is 0.237 e. The van der Waals surface area contributed by atoms with Crippen LogP contribution >= 0.6 is 0 Å². The number of nitrogens with one attached hydrogen (secondary N) is 1. The minimum atomic E-state index is -0.412. The lowest BCUT2D eigenvalue weighted by atomic mass is 9.82. The highest BCUT2D eigenvalue weighted by molar-refractivity contribution is 5.82. The Morgan fingerprint density at radius 1 is 1.29 bits per heavy atom. The second-order valence-electron chi connectivity index (χ2n) is 6.71. The molecule has 0 spiro atoms. The molecule has 1 aliphatic rings. The Hall–Kier alpha value is -0.570. The van der Waals surface area contributed by atoms with E-state index < -0.39 is 6.04 Å². The predicted octanol–water partition coefficient (Wildman–Crippen LogP) is 2.30. The van der Waals surface area contributed by atoms with Gasteiger partial charge in [-0.15, -0.1) is 0 Å². The molecule has 1 rings (SSSR count). The first-order valence-electron chi connectivity index (χ1n) is 6.84. The molecular weight excluding hydrogens is 212 g/mol. The van der Waals surface area contributed by atoms with Gasteiger partial charge in [-0.2, -0.15) is 0 Å². The number of nitrogens with two attached hydrogens (primary N) is 1. The van der Waals surface area contributed by atoms with Crippen molar-refractivity contribution in [3.8, 4) is 0 Å². The number of carbonyl (C=O) groups is 1. The highest BCUT2D eigenvalue weighted by atomic mass is 16.2. The molecule has 0 heterocycles. The molecule has 0 aliphatic heterocycles. The Bertz CT molecular complexity index is 249. The molecule has 100 valence electrons. The molecule has 0 aromatic rings. The summed E-state index contributed by atoms with van der Waals surface area (Å²) in [6.07, 6.45) is 5.08. The standard InChI is InChI=1S/C14H28N2O/c1-10-5-7-11(8-6-10)9-16-13(17)12(15)14(2,3)4/h10-12H,5-9,15H2,1-4H3,(H,16,17)/t10?,11?,12-/m1/s1. The van der Waals surface area contributed by atoms with Gasteiger partial charge in [0, 0.05) is 6.54 Å². The molecule has 17 heavy (non-hydrogen) atoms. The predicted molar refractivity (Wildman–Crippen MR) is 71.6 cm³/mol. The van der Waals surface area contributed by atoms with Gasteiger partial charge in [0.05, 0.1) is 6.04 Å². The lowest BCUT2D eigenvalue weighted by Gasteiger charge is -2.29. The quantitative estimate of drug-likeness (QED) is 0.795. The van der Waals surface area contributed by atoms with Gasteiger partial charge in [-0.25, -0.2) is 0 Å². The summed E-state index contributed by atoms with van der Waals surface area (Å²) in [4.78, 5) is 11.9. The largest absolute Gasteiger partial charge is 0.354 e. The number of carbonyl (C=O) groups excluding carboxylic acids is 1. The van der Waals surface area contributed by atoms with E-state index in [4.69, 9.17) is 5.73 Å². The molecule has 1 fully saturated rings. The molecule has 3 heteroatoms. The van der Waals surface area contributed by atoms with Crippen LogP contribution in [0.15, 0.2) is 0 Å². The number of hydrogen-bond donors (Lipinski definition) is 2. The highest BCUT2D eigenvalue weighted by Gasteiger charge is 2.28. The van der Waals surface area contributed by atoms with Crippen molar-refractivity contribution in [1.29, 1.82) is 0 Å². The Kier molecular flexibility index (Phi) is 4.99. The van der Waals surface area contributed by atoms with E-state index in [0.29, 0.717) is 5.92 Å². The SMILES string of the molecule is CC1CCC(CNC(=O)[C@@H](N)C(C)(C)C)CC1. The number of amides is 1. The van der Waals surface area contributed by atoms with Crippen molar-refractivity contribution in [3.05, 3.63) is 0 Å². The first-order chi connectivity index (χ1) is 7.80. The fourth-order valence-electron chi connectivity index (χ4n) is 2.28. The van der Waals surface area contributed by atoms with Gasteiger partial charge in [0.1, 0.15) is 0 Å². The average Bonchev–Trinajstić information content (AvgIpc) is 2.25. The van der Waals surface area contributed by atoms with Crippen molar-refractivity contribution >= 4 is 5.91 Å². The molecule has 1 aliphatic carbocycles. The lowest BCUT2D eigenvalue weighted by Crippen LogP contribution is -2.49. The van der Waals surface area contributed by atoms with Gasteiger partial charge in [-0.1, -0.05) is 40.5 Å². The minimum Gasteiger partial charge on any atom is -0.354 e. The zero-order valence-electron chi connectivity index (χ0n) is 11.8. The summed E-state index contributed by atoms with van der Waals surface area (Å²) >= 11 is 0. The maximum absolute atomic E-state index is 11.9. The molecule has 3 N–H and O–H groups in total. The Balaban J connectivity index is 2.29. The van der Waals surface area contributed by atoms with E-state index in [1.165, 1.54) is 25.7 Å². The lowest BCUT2D eigenvalue weighted by molar-refractivity contribution is -0.124. The van der Waals surface area contributed by atoms with Gasteiger partial charge in [-0.05, 0) is 30.1 Å². The van der Waals surface area contributed by atoms with E-state index in [1.54, 1.807) is 0 Å². The van der Waals surface area contributed by atoms with Crippen molar-refractivity contribution in [2.45, 2.75) is 59.4 Å². The molecule has 1 atom stereocenters. The van der Waals surface area contributed by atoms with Crippen LogP contribution in [0.1, 0.15) is 53.4 Å². The Morgan fingerprint density at radius 3 is 2.29 bits per heavy atom. The van der Waals surface area contributed by atoms with Crippen LogP contribution in [-0.2, 0) is 4.79 Å². The van der Waals surface area contributed by atoms with Crippen molar-refractivity contribution in [2.24, 2.45) is 23.0 Å². The molecule has 0 bridgehead atoms. The molecule has 0 aromatic heterocycles. The Labute approximate surface area is 106 Å². The molecule has 0 radical (unpaired) electrons. The van der Waals surface area contributed by atoms with E-state index in [0.717, 1.165) is 12.5 Å². The zero-order chi connectivity index (χ0) is 13.1. The van der Waals surface area contributed by atoms with E-state index in [-0.39, 0.29) is 11.3 Å². The molecule has 0 saturated heterocycles. The summed E-state index contributed by atoms with van der Waals surface area (Å²) in [5, 5.41) is 3.01. The Morgan fingerprint density at radius 2 is 1.82 bits per heavy atom. The fraction of sp³-hybridized carbons (Fsp3) is 0.929. The van der Waals surface area contributed by atoms with Crippen molar-refractivity contribution in [1.82, 2.24) is 5.32 Å². The molecule has 0 unspecified atom stereocenters. The van der Waals surface area contributed by atoms with Gasteiger partial charge in [0.2, 0.25) is 5.91 Å². The van der Waals surface area contributed by atoms with Crippen LogP contribution in [0.25, 0.3) is 0 Å². The first kappa shape index (κ1) is 14.5. The van der Waals surface area contributed by atoms with Gasteiger partial charge in [0.25, 0.3) is 0 Å². The minimum absolute atomic E-state index is 0.00359. The third-order valence-electron chi connectivity index (χ3n) is 3.92. The molecule has 1 saturated carbocycles. The molecular formula is C14H28N2O. The van der Waals surface area contributed by atoms with Crippen molar-refractivity contribution in [3.63, 3.8) is 0 Å². The van der Waals surface area contributed by atoms with Crippen LogP contribution in [0.2, 0.25) is 0 Å². The monoisotopic (exact) mass is 240 g/mol. The van der Waals surface area contributed by atoms with Crippen LogP contribution in [0.5, 0.6) is 0 Å². The van der Waals surface area contributed by atoms with E-state index in [9.17, 15) is 4.79 Å². The van der Waals surface area contributed by atoms with Crippen molar-refractivity contribution < 1.29 is 4.79 Å². The van der Waals surface area contributed by atoms with Crippen LogP contribution in [-0.4, -0.2) is 18.5 Å². The maximum Gasteiger partial charge on any atom is 0.237 e. The van der Waals surface area contributed by atoms with E-state index >= 15 is 0 Å². The topological polar surface area (TPSA) is 55.1 Å².